The molecule has 30 heavy (non-hydrogen) atoms. The van der Waals surface area contributed by atoms with E-state index in [-0.39, 0.29) is 17.7 Å². The molecule has 0 aromatic heterocycles. The van der Waals surface area contributed by atoms with Crippen molar-refractivity contribution in [3.05, 3.63) is 0 Å². The first-order valence-electron chi connectivity index (χ1n) is 10.6. The Balaban J connectivity index is 2.08. The number of thioether (sulfide) groups is 1. The average molecular weight is 443 g/mol. The molecule has 2 saturated heterocycles. The molecular formula is C20H34N4O5S. The van der Waals surface area contributed by atoms with Gasteiger partial charge in [-0.1, -0.05) is 13.8 Å². The molecule has 9 nitrogen and oxygen atoms in total. The van der Waals surface area contributed by atoms with Gasteiger partial charge in [0, 0.05) is 13.1 Å². The zero-order chi connectivity index (χ0) is 22.4. The lowest BCUT2D eigenvalue weighted by molar-refractivity contribution is -0.148. The molecule has 170 valence electrons. The van der Waals surface area contributed by atoms with Crippen molar-refractivity contribution in [3.63, 3.8) is 0 Å². The molecule has 0 aromatic rings. The Kier molecular flexibility index (Phi) is 8.96. The molecular weight excluding hydrogens is 408 g/mol. The first-order valence-corrected chi connectivity index (χ1v) is 12.0. The molecule has 0 bridgehead atoms. The van der Waals surface area contributed by atoms with Gasteiger partial charge >= 0.3 is 5.97 Å². The van der Waals surface area contributed by atoms with E-state index in [9.17, 15) is 24.3 Å². The van der Waals surface area contributed by atoms with Gasteiger partial charge in [-0.05, 0) is 50.0 Å². The number of carboxylic acids is 1. The van der Waals surface area contributed by atoms with Gasteiger partial charge in [0.25, 0.3) is 0 Å². The van der Waals surface area contributed by atoms with E-state index in [0.29, 0.717) is 50.9 Å². The lowest BCUT2D eigenvalue weighted by Crippen LogP contribution is -2.56. The van der Waals surface area contributed by atoms with Gasteiger partial charge in [-0.2, -0.15) is 11.8 Å². The number of hydrogen-bond acceptors (Lipinski definition) is 6. The van der Waals surface area contributed by atoms with Gasteiger partial charge in [0.05, 0.1) is 6.04 Å². The molecule has 3 amide bonds. The van der Waals surface area contributed by atoms with Crippen molar-refractivity contribution in [2.75, 3.05) is 25.1 Å². The molecule has 2 aliphatic heterocycles. The third kappa shape index (κ3) is 5.66. The summed E-state index contributed by atoms with van der Waals surface area (Å²) in [6.45, 7) is 4.64. The van der Waals surface area contributed by atoms with Crippen molar-refractivity contribution in [2.45, 2.75) is 70.1 Å². The topological polar surface area (TPSA) is 133 Å². The summed E-state index contributed by atoms with van der Waals surface area (Å²) in [5.41, 5.74) is 6.02. The average Bonchev–Trinajstić information content (AvgIpc) is 3.38. The number of rotatable bonds is 9. The molecule has 0 saturated carbocycles. The molecule has 0 aromatic carbocycles. The van der Waals surface area contributed by atoms with E-state index in [4.69, 9.17) is 5.73 Å². The monoisotopic (exact) mass is 442 g/mol. The maximum absolute atomic E-state index is 13.3. The largest absolute Gasteiger partial charge is 0.480 e. The Hall–Kier alpha value is -1.81. The molecule has 2 rings (SSSR count). The molecule has 0 aliphatic carbocycles. The minimum absolute atomic E-state index is 0.0339. The van der Waals surface area contributed by atoms with Crippen LogP contribution in [-0.2, 0) is 19.2 Å². The third-order valence-electron chi connectivity index (χ3n) is 5.89. The number of nitrogens with zero attached hydrogens (tertiary/aromatic N) is 2. The minimum atomic E-state index is -1.08. The zero-order valence-electron chi connectivity index (χ0n) is 18.0. The number of amides is 3. The summed E-state index contributed by atoms with van der Waals surface area (Å²) in [6, 6.07) is -2.95. The summed E-state index contributed by atoms with van der Waals surface area (Å²) >= 11 is 1.51. The van der Waals surface area contributed by atoms with Crippen LogP contribution in [0.5, 0.6) is 0 Å². The minimum Gasteiger partial charge on any atom is -0.480 e. The van der Waals surface area contributed by atoms with Gasteiger partial charge in [-0.15, -0.1) is 0 Å². The third-order valence-corrected chi connectivity index (χ3v) is 6.53. The van der Waals surface area contributed by atoms with Crippen LogP contribution in [0.3, 0.4) is 0 Å². The number of aliphatic carboxylic acids is 1. The zero-order valence-corrected chi connectivity index (χ0v) is 18.8. The Bertz CT molecular complexity index is 659. The summed E-state index contributed by atoms with van der Waals surface area (Å²) < 4.78 is 0. The second-order valence-corrected chi connectivity index (χ2v) is 9.32. The van der Waals surface area contributed by atoms with Crippen LogP contribution in [0.25, 0.3) is 0 Å². The van der Waals surface area contributed by atoms with E-state index in [0.717, 1.165) is 0 Å². The molecule has 2 fully saturated rings. The number of carboxylic acid groups (broad SMARTS) is 1. The van der Waals surface area contributed by atoms with Crippen LogP contribution in [0, 0.1) is 5.92 Å². The van der Waals surface area contributed by atoms with Gasteiger partial charge in [0.2, 0.25) is 17.7 Å². The fourth-order valence-corrected chi connectivity index (χ4v) is 4.49. The number of hydrogen-bond donors (Lipinski definition) is 3. The number of likely N-dealkylation sites (tertiary alicyclic amines) is 2. The lowest BCUT2D eigenvalue weighted by Gasteiger charge is -2.33. The highest BCUT2D eigenvalue weighted by Gasteiger charge is 2.43. The van der Waals surface area contributed by atoms with Gasteiger partial charge < -0.3 is 26.0 Å². The number of carbonyl (C=O) groups is 4. The molecule has 4 N–H and O–H groups in total. The highest BCUT2D eigenvalue weighted by atomic mass is 32.2. The van der Waals surface area contributed by atoms with Gasteiger partial charge in [-0.3, -0.25) is 14.4 Å². The van der Waals surface area contributed by atoms with E-state index >= 15 is 0 Å². The summed E-state index contributed by atoms with van der Waals surface area (Å²) in [6.07, 6.45) is 4.61. The van der Waals surface area contributed by atoms with Crippen molar-refractivity contribution in [1.29, 1.82) is 0 Å². The van der Waals surface area contributed by atoms with Crippen LogP contribution in [0.1, 0.15) is 46.0 Å². The van der Waals surface area contributed by atoms with Crippen molar-refractivity contribution in [3.8, 4) is 0 Å². The maximum atomic E-state index is 13.3. The highest BCUT2D eigenvalue weighted by molar-refractivity contribution is 7.98. The maximum Gasteiger partial charge on any atom is 0.326 e. The van der Waals surface area contributed by atoms with Gasteiger partial charge in [0.1, 0.15) is 18.1 Å². The summed E-state index contributed by atoms with van der Waals surface area (Å²) in [7, 11) is 0. The molecule has 2 heterocycles. The fraction of sp³-hybridized carbons (Fsp3) is 0.800. The standard InChI is InChI=1S/C20H34N4O5S/c1-12(2)16(21)19(27)24-10-5-7-15(24)18(26)23-9-4-6-14(23)17(25)22-13(20(28)29)8-11-30-3/h12-16H,4-11,21H2,1-3H3,(H,22,25)(H,28,29). The molecule has 10 heteroatoms. The van der Waals surface area contributed by atoms with Crippen LogP contribution in [0.15, 0.2) is 0 Å². The van der Waals surface area contributed by atoms with Crippen molar-refractivity contribution in [2.24, 2.45) is 11.7 Å². The molecule has 4 unspecified atom stereocenters. The molecule has 4 atom stereocenters. The summed E-state index contributed by atoms with van der Waals surface area (Å²) in [5.74, 6) is -1.42. The Labute approximate surface area is 182 Å². The van der Waals surface area contributed by atoms with Gasteiger partial charge in [0.15, 0.2) is 0 Å². The van der Waals surface area contributed by atoms with Crippen LogP contribution in [0.2, 0.25) is 0 Å². The number of nitrogens with one attached hydrogen (secondary N) is 1. The van der Waals surface area contributed by atoms with Crippen LogP contribution >= 0.6 is 11.8 Å². The van der Waals surface area contributed by atoms with E-state index in [1.165, 1.54) is 16.7 Å². The first kappa shape index (κ1) is 24.5. The SMILES string of the molecule is CSCCC(NC(=O)C1CCCN1C(=O)C1CCCN1C(=O)C(N)C(C)C)C(=O)O. The fourth-order valence-electron chi connectivity index (χ4n) is 4.02. The van der Waals surface area contributed by atoms with Crippen molar-refractivity contribution in [1.82, 2.24) is 15.1 Å². The Morgan fingerprint density at radius 3 is 2.27 bits per heavy atom. The summed E-state index contributed by atoms with van der Waals surface area (Å²) in [5, 5.41) is 12.0. The number of nitrogens with two attached hydrogens (primary N) is 1. The van der Waals surface area contributed by atoms with E-state index in [2.05, 4.69) is 5.32 Å². The van der Waals surface area contributed by atoms with Crippen molar-refractivity contribution < 1.29 is 24.3 Å². The second kappa shape index (κ2) is 11.0. The lowest BCUT2D eigenvalue weighted by atomic mass is 10.0. The summed E-state index contributed by atoms with van der Waals surface area (Å²) in [4.78, 5) is 53.3. The molecule has 0 spiro atoms. The van der Waals surface area contributed by atoms with E-state index < -0.39 is 36.0 Å². The molecule has 0 radical (unpaired) electrons. The van der Waals surface area contributed by atoms with E-state index in [1.54, 1.807) is 4.90 Å². The van der Waals surface area contributed by atoms with Crippen LogP contribution in [0.4, 0.5) is 0 Å². The predicted molar refractivity (Wildman–Crippen MR) is 115 cm³/mol. The highest BCUT2D eigenvalue weighted by Crippen LogP contribution is 2.26. The van der Waals surface area contributed by atoms with Gasteiger partial charge in [-0.25, -0.2) is 4.79 Å². The Morgan fingerprint density at radius 1 is 1.10 bits per heavy atom. The smallest absolute Gasteiger partial charge is 0.326 e. The molecule has 2 aliphatic rings. The second-order valence-electron chi connectivity index (χ2n) is 8.33. The quantitative estimate of drug-likeness (QED) is 0.467. The van der Waals surface area contributed by atoms with Crippen molar-refractivity contribution >= 4 is 35.5 Å². The van der Waals surface area contributed by atoms with E-state index in [1.807, 2.05) is 20.1 Å². The first-order chi connectivity index (χ1) is 14.2. The van der Waals surface area contributed by atoms with Crippen LogP contribution < -0.4 is 11.1 Å². The normalized spacial score (nSPS) is 23.5. The predicted octanol–water partition coefficient (Wildman–Crippen LogP) is 0.274. The van der Waals surface area contributed by atoms with Crippen LogP contribution in [-0.4, -0.2) is 87.9 Å². The Morgan fingerprint density at radius 2 is 1.70 bits per heavy atom. The number of carbonyl (C=O) groups excluding carboxylic acids is 3.